The van der Waals surface area contributed by atoms with Gasteiger partial charge in [-0.1, -0.05) is 53.5 Å². The van der Waals surface area contributed by atoms with Gasteiger partial charge < -0.3 is 259 Å². The molecule has 870 valence electrons. The summed E-state index contributed by atoms with van der Waals surface area (Å²) in [5.41, 5.74) is 5.08. The van der Waals surface area contributed by atoms with E-state index in [1.54, 1.807) is 0 Å². The molecule has 10 saturated heterocycles. The molecule has 0 aromatic carbocycles. The van der Waals surface area contributed by atoms with Crippen LogP contribution in [0.5, 0.6) is 0 Å². The Morgan fingerprint density at radius 3 is 0.947 bits per heavy atom. The Labute approximate surface area is 860 Å². The smallest absolute Gasteiger partial charge is 0.394 e. The van der Waals surface area contributed by atoms with Crippen molar-refractivity contribution in [2.45, 2.75) is 420 Å². The van der Waals surface area contributed by atoms with Crippen LogP contribution in [0, 0.1) is 5.92 Å². The van der Waals surface area contributed by atoms with Gasteiger partial charge in [-0.3, -0.25) is 18.6 Å². The lowest BCUT2D eigenvalue weighted by atomic mass is 9.94. The van der Waals surface area contributed by atoms with Crippen LogP contribution in [0.15, 0.2) is 46.6 Å². The molecule has 10 fully saturated rings. The monoisotopic (exact) mass is 2220 g/mol. The summed E-state index contributed by atoms with van der Waals surface area (Å²) >= 11 is 0. The molecule has 2 amide bonds. The maximum atomic E-state index is 13.8. The van der Waals surface area contributed by atoms with Crippen LogP contribution in [0.4, 0.5) is 0 Å². The van der Waals surface area contributed by atoms with Crippen LogP contribution in [0.3, 0.4) is 0 Å². The zero-order valence-corrected chi connectivity index (χ0v) is 85.1. The molecule has 0 aliphatic carbocycles. The van der Waals surface area contributed by atoms with Crippen LogP contribution < -0.4 is 10.6 Å². The second kappa shape index (κ2) is 58.5. The van der Waals surface area contributed by atoms with Crippen LogP contribution in [0.1, 0.15) is 113 Å². The van der Waals surface area contributed by atoms with Crippen molar-refractivity contribution in [3.8, 4) is 0 Å². The highest BCUT2D eigenvalue weighted by Crippen LogP contribution is 2.62. The van der Waals surface area contributed by atoms with Gasteiger partial charge in [0.05, 0.1) is 72.7 Å². The maximum absolute atomic E-state index is 13.8. The standard InChI is InChI=1S/C89H152N2O57P2/c1-33(2)13-9-14-34(3)15-10-16-35(4)17-11-18-36(5)19-12-20-37(6)21-22-129-149(123,124)148-150(125,126)147-81-51(91-39(8)101)61(111)73(47(30-99)137-81)140-80-50(90-38(7)100)60(110)74(46(29-98)136-80)141-86-72(122)76(143-88-79(67(117)57(107)44(27-96)134-88)146-89-78(66(116)56(106)45(28-97)135-89)145-85-70(120)64(114)54(104)42(25-94)132-85)59(109)49(139-86)32-128-83-71(121)75(58(108)48(138-83)31-127-82-68(118)62(112)52(102)40(23-92)130-82)142-87-77(65(115)55(105)43(26-95)133-87)144-84-69(119)63(113)53(103)41(24-93)131-84/h13,15,17,19,37,40-89,92-99,102-122H,9-12,14,16,18,20-32H2,1-8H3,(H,90,100)(H,91,101)(H,123,124)(H,125,126). The number of amides is 2. The molecule has 10 heterocycles. The number of aliphatic hydroxyl groups excluding tert-OH is 29. The third-order valence-corrected chi connectivity index (χ3v) is 29.9. The number of hydrogen-bond donors (Lipinski definition) is 33. The fraction of sp³-hybridized carbons (Fsp3) is 0.888. The van der Waals surface area contributed by atoms with Gasteiger partial charge in [0.25, 0.3) is 0 Å². The molecule has 0 bridgehead atoms. The summed E-state index contributed by atoms with van der Waals surface area (Å²) < 4.78 is 154. The second-order valence-electron chi connectivity index (χ2n) is 39.0. The number of rotatable bonds is 50. The number of nitrogens with one attached hydrogen (secondary N) is 2. The molecule has 150 heavy (non-hydrogen) atoms. The van der Waals surface area contributed by atoms with Gasteiger partial charge in [-0.05, 0) is 98.3 Å². The summed E-state index contributed by atoms with van der Waals surface area (Å²) in [6, 6.07) is -4.29. The number of hydrogen-bond acceptors (Lipinski definition) is 55. The van der Waals surface area contributed by atoms with E-state index in [2.05, 4.69) is 66.9 Å². The van der Waals surface area contributed by atoms with Gasteiger partial charge in [0.2, 0.25) is 11.8 Å². The van der Waals surface area contributed by atoms with E-state index >= 15 is 0 Å². The van der Waals surface area contributed by atoms with Gasteiger partial charge in [-0.15, -0.1) is 0 Å². The van der Waals surface area contributed by atoms with E-state index in [0.29, 0.717) is 12.8 Å². The van der Waals surface area contributed by atoms with Crippen molar-refractivity contribution < 1.29 is 280 Å². The molecular formula is C89H152N2O57P2. The Kier molecular flexibility index (Phi) is 49.9. The summed E-state index contributed by atoms with van der Waals surface area (Å²) in [4.78, 5) is 48.2. The lowest BCUT2D eigenvalue weighted by molar-refractivity contribution is -0.408. The van der Waals surface area contributed by atoms with Crippen LogP contribution in [0.2, 0.25) is 0 Å². The third kappa shape index (κ3) is 32.8. The SMILES string of the molecule is CC(=O)NC1C(OC2C(CO)OC(OP(=O)(O)OP(=O)(O)OCCC(C)CCC=C(C)CCC=C(C)CCC=C(C)CCC=C(C)C)C(NC(C)=O)C2O)OC(CO)C(OC2OC(COC3OC(COC4OC(CO)C(O)C(O)C4O)C(O)C(OC4OC(CO)C(O)C(O)C4OC4OC(CO)C(O)C(O)C4O)C3O)C(O)C(OC3OC(CO)C(O)C(O)C3OC3OC(CO)C(O)C(O)C3OC3OC(CO)C(O)C(O)C3O)C2O)C1O. The average Bonchev–Trinajstić information content (AvgIpc) is 0.759. The molecule has 10 aliphatic heterocycles. The summed E-state index contributed by atoms with van der Waals surface area (Å²) in [5.74, 6) is -2.25. The van der Waals surface area contributed by atoms with Gasteiger partial charge in [-0.25, -0.2) is 9.13 Å². The average molecular weight is 2220 g/mol. The molecule has 0 spiro atoms. The topological polar surface area (TPSA) is 923 Å². The predicted molar refractivity (Wildman–Crippen MR) is 490 cm³/mol. The molecule has 59 nitrogen and oxygen atoms in total. The lowest BCUT2D eigenvalue weighted by Crippen LogP contribution is -2.70. The molecular weight excluding hydrogens is 2070 g/mol. The first-order valence-corrected chi connectivity index (χ1v) is 52.2. The fourth-order valence-electron chi connectivity index (χ4n) is 18.5. The molecule has 0 radical (unpaired) electrons. The Hall–Kier alpha value is -3.76. The quantitative estimate of drug-likeness (QED) is 0.0199. The first kappa shape index (κ1) is 128. The van der Waals surface area contributed by atoms with Gasteiger partial charge in [-0.2, -0.15) is 4.31 Å². The van der Waals surface area contributed by atoms with Gasteiger partial charge in [0, 0.05) is 13.8 Å². The van der Waals surface area contributed by atoms with E-state index in [0.717, 1.165) is 57.9 Å². The van der Waals surface area contributed by atoms with Crippen molar-refractivity contribution in [1.82, 2.24) is 10.6 Å². The number of aliphatic hydroxyl groups is 29. The summed E-state index contributed by atoms with van der Waals surface area (Å²) in [7, 11) is -11.5. The lowest BCUT2D eigenvalue weighted by Gasteiger charge is -2.51. The van der Waals surface area contributed by atoms with Crippen molar-refractivity contribution in [3.05, 3.63) is 46.6 Å². The largest absolute Gasteiger partial charge is 0.483 e. The number of phosphoric acid groups is 2. The Bertz CT molecular complexity index is 4310. The molecule has 10 aliphatic rings. The predicted octanol–water partition coefficient (Wildman–Crippen LogP) is -13.3. The van der Waals surface area contributed by atoms with Crippen molar-refractivity contribution in [2.24, 2.45) is 5.92 Å². The highest BCUT2D eigenvalue weighted by atomic mass is 31.3. The van der Waals surface area contributed by atoms with E-state index in [1.807, 2.05) is 13.8 Å². The van der Waals surface area contributed by atoms with Crippen molar-refractivity contribution >= 4 is 27.5 Å². The number of allylic oxidation sites excluding steroid dienone is 8. The molecule has 0 aromatic rings. The first-order valence-electron chi connectivity index (χ1n) is 49.2. The summed E-state index contributed by atoms with van der Waals surface area (Å²) in [6.07, 6.45) is -92.4. The number of ether oxygens (including phenoxy) is 19. The van der Waals surface area contributed by atoms with E-state index < -0.39 is 407 Å². The zero-order chi connectivity index (χ0) is 111. The van der Waals surface area contributed by atoms with Crippen LogP contribution in [0.25, 0.3) is 0 Å². The first-order chi connectivity index (χ1) is 70.8. The molecule has 10 rings (SSSR count). The Balaban J connectivity index is 0.923. The van der Waals surface area contributed by atoms with E-state index in [4.69, 9.17) is 99.0 Å². The number of phosphoric ester groups is 2. The van der Waals surface area contributed by atoms with Crippen molar-refractivity contribution in [3.63, 3.8) is 0 Å². The van der Waals surface area contributed by atoms with Crippen LogP contribution in [-0.4, -0.2) is 549 Å². The minimum absolute atomic E-state index is 0.126. The molecule has 0 aromatic heterocycles. The molecule has 33 N–H and O–H groups in total. The second-order valence-corrected chi connectivity index (χ2v) is 42.0. The molecule has 61 heteroatoms. The molecule has 53 unspecified atom stereocenters. The Morgan fingerprint density at radius 2 is 0.567 bits per heavy atom. The summed E-state index contributed by atoms with van der Waals surface area (Å²) in [5, 5.41) is 331. The fourth-order valence-corrected chi connectivity index (χ4v) is 20.6. The number of carbonyl (C=O) groups is 2. The third-order valence-electron chi connectivity index (χ3n) is 27.3. The minimum Gasteiger partial charge on any atom is -0.394 e. The minimum atomic E-state index is -5.97. The van der Waals surface area contributed by atoms with E-state index in [1.165, 1.54) is 16.7 Å². The van der Waals surface area contributed by atoms with E-state index in [-0.39, 0.29) is 12.3 Å². The normalized spacial score (nSPS) is 44.2. The van der Waals surface area contributed by atoms with Crippen LogP contribution >= 0.6 is 15.6 Å². The highest BCUT2D eigenvalue weighted by molar-refractivity contribution is 7.61. The van der Waals surface area contributed by atoms with Crippen LogP contribution in [-0.2, 0) is 122 Å². The van der Waals surface area contributed by atoms with Gasteiger partial charge >= 0.3 is 15.6 Å². The highest BCUT2D eigenvalue weighted by Gasteiger charge is 2.63. The molecule has 0 saturated carbocycles. The zero-order valence-electron chi connectivity index (χ0n) is 83.3. The summed E-state index contributed by atoms with van der Waals surface area (Å²) in [6.45, 7) is 1.58. The van der Waals surface area contributed by atoms with Crippen molar-refractivity contribution in [2.75, 3.05) is 72.7 Å². The van der Waals surface area contributed by atoms with E-state index in [9.17, 15) is 177 Å². The molecule has 53 atom stereocenters. The Morgan fingerprint density at radius 1 is 0.287 bits per heavy atom. The maximum Gasteiger partial charge on any atom is 0.483 e. The van der Waals surface area contributed by atoms with Gasteiger partial charge in [0.1, 0.15) is 244 Å². The van der Waals surface area contributed by atoms with Gasteiger partial charge in [0.15, 0.2) is 62.9 Å². The number of carbonyl (C=O) groups excluding carboxylic acids is 2. The van der Waals surface area contributed by atoms with Crippen molar-refractivity contribution in [1.29, 1.82) is 0 Å².